The summed E-state index contributed by atoms with van der Waals surface area (Å²) in [7, 11) is 0. The number of aromatic amines is 2. The average Bonchev–Trinajstić information content (AvgIpc) is 1.63. The van der Waals surface area contributed by atoms with Gasteiger partial charge in [-0.3, -0.25) is 48.2 Å². The van der Waals surface area contributed by atoms with Crippen LogP contribution in [-0.4, -0.2) is 164 Å². The number of carbonyl (C=O) groups is 5. The summed E-state index contributed by atoms with van der Waals surface area (Å²) in [4.78, 5) is 112. The highest BCUT2D eigenvalue weighted by Gasteiger charge is 2.25. The summed E-state index contributed by atoms with van der Waals surface area (Å²) in [6.07, 6.45) is 11.0. The number of fused-ring (bicyclic) bond motifs is 2. The van der Waals surface area contributed by atoms with Gasteiger partial charge in [0.25, 0.3) is 11.1 Å². The Balaban J connectivity index is 0.000000426. The Hall–Kier alpha value is -9.75. The van der Waals surface area contributed by atoms with Crippen molar-refractivity contribution >= 4 is 63.5 Å². The highest BCUT2D eigenvalue weighted by molar-refractivity contribution is 5.92. The molecular weight excluding hydrogens is 1210 g/mol. The van der Waals surface area contributed by atoms with E-state index in [4.69, 9.17) is 36.1 Å². The molecule has 0 aliphatic carbocycles. The minimum Gasteiger partial charge on any atom is -0.383 e. The Morgan fingerprint density at radius 1 is 0.543 bits per heavy atom. The van der Waals surface area contributed by atoms with E-state index in [0.717, 1.165) is 42.3 Å². The monoisotopic (exact) mass is 1310 g/mol. The van der Waals surface area contributed by atoms with E-state index >= 15 is 0 Å². The summed E-state index contributed by atoms with van der Waals surface area (Å²) in [5.41, 5.74) is 19.4. The summed E-state index contributed by atoms with van der Waals surface area (Å²) >= 11 is 0. The van der Waals surface area contributed by atoms with Gasteiger partial charge in [0.1, 0.15) is 55.9 Å². The number of aromatic nitrogens is 8. The Morgan fingerprint density at radius 2 is 0.947 bits per heavy atom. The third kappa shape index (κ3) is 27.6. The van der Waals surface area contributed by atoms with Gasteiger partial charge in [0.15, 0.2) is 5.65 Å². The van der Waals surface area contributed by atoms with Gasteiger partial charge < -0.3 is 71.9 Å². The maximum atomic E-state index is 12.2. The van der Waals surface area contributed by atoms with Crippen LogP contribution in [0.5, 0.6) is 0 Å². The van der Waals surface area contributed by atoms with Crippen LogP contribution in [0.4, 0.5) is 16.6 Å². The number of nitrogens with one attached hydrogen (secondary N) is 7. The van der Waals surface area contributed by atoms with Crippen molar-refractivity contribution in [3.63, 3.8) is 0 Å². The van der Waals surface area contributed by atoms with E-state index in [1.54, 1.807) is 12.4 Å². The lowest BCUT2D eigenvalue weighted by atomic mass is 10.2. The Morgan fingerprint density at radius 3 is 1.37 bits per heavy atom. The first kappa shape index (κ1) is 80.3. The number of hydrogen-bond acceptors (Lipinski definition) is 18. The molecule has 13 N–H and O–H groups in total. The molecule has 0 saturated heterocycles. The van der Waals surface area contributed by atoms with Crippen LogP contribution in [0.1, 0.15) is 151 Å². The Kier molecular flexibility index (Phi) is 36.9. The zero-order chi connectivity index (χ0) is 69.0. The molecule has 5 aromatic rings. The molecule has 0 fully saturated rings. The van der Waals surface area contributed by atoms with Crippen molar-refractivity contribution in [1.82, 2.24) is 70.1 Å². The molecule has 6 rings (SSSR count). The van der Waals surface area contributed by atoms with Crippen LogP contribution in [0.15, 0.2) is 51.1 Å². The quantitative estimate of drug-likeness (QED) is 0.0313. The first-order chi connectivity index (χ1) is 44.4. The summed E-state index contributed by atoms with van der Waals surface area (Å²) in [5, 5.41) is 14.3. The molecule has 94 heavy (non-hydrogen) atoms. The van der Waals surface area contributed by atoms with Crippen LogP contribution in [0, 0.1) is 47.4 Å². The van der Waals surface area contributed by atoms with Gasteiger partial charge in [-0.25, -0.2) is 19.6 Å². The molecule has 0 bridgehead atoms. The van der Waals surface area contributed by atoms with E-state index in [0.29, 0.717) is 54.4 Å². The number of nitrogens with zero attached hydrogens (tertiary/aromatic N) is 7. The van der Waals surface area contributed by atoms with Crippen LogP contribution in [0.25, 0.3) is 22.1 Å². The molecule has 512 valence electrons. The third-order valence-corrected chi connectivity index (χ3v) is 12.4. The minimum absolute atomic E-state index is 0. The van der Waals surface area contributed by atoms with E-state index < -0.39 is 17.4 Å². The molecule has 0 radical (unpaired) electrons. The highest BCUT2D eigenvalue weighted by atomic mass is 16.5. The molecule has 29 heteroatoms. The molecule has 6 amide bonds. The first-order valence-electron chi connectivity index (χ1n) is 30.6. The second-order valence-corrected chi connectivity index (χ2v) is 21.5. The SMILES string of the molecule is C.CCCOCC(=O)NCC#CC1=CN(C(C)C)C(=O)NC1N.CCCOCC(=O)NCC#Cc1cn(C(C)C)c(=O)[nH]c1=O.CCCOCC(=O)NCC#Cc1cn(C(C)C)c2nc(N)[nH]c(=O)c12.CCCOCC(=O)NCC#Cc1cn(C(C)C)c2ncnc(N)c12. The predicted molar refractivity (Wildman–Crippen MR) is 362 cm³/mol. The predicted octanol–water partition coefficient (Wildman–Crippen LogP) is 3.05. The molecule has 5 aromatic heterocycles. The molecular formula is C65H95N17O12. The maximum Gasteiger partial charge on any atom is 0.328 e. The molecule has 29 nitrogen and oxygen atoms in total. The summed E-state index contributed by atoms with van der Waals surface area (Å²) < 4.78 is 25.8. The fraction of sp³-hybridized carbons (Fsp3) is 0.523. The molecule has 1 aliphatic heterocycles. The summed E-state index contributed by atoms with van der Waals surface area (Å²) in [6, 6.07) is 0.0180. The molecule has 0 aromatic carbocycles. The van der Waals surface area contributed by atoms with E-state index in [9.17, 15) is 38.4 Å². The van der Waals surface area contributed by atoms with E-state index in [2.05, 4.69) is 113 Å². The van der Waals surface area contributed by atoms with E-state index in [1.165, 1.54) is 22.0 Å². The number of urea groups is 1. The van der Waals surface area contributed by atoms with Gasteiger partial charge in [-0.15, -0.1) is 0 Å². The lowest BCUT2D eigenvalue weighted by Gasteiger charge is -2.30. The van der Waals surface area contributed by atoms with Crippen molar-refractivity contribution in [3.8, 4) is 47.4 Å². The number of anilines is 2. The van der Waals surface area contributed by atoms with Gasteiger partial charge in [-0.2, -0.15) is 4.98 Å². The number of H-pyrrole nitrogens is 2. The number of amides is 6. The van der Waals surface area contributed by atoms with Crippen LogP contribution < -0.4 is 60.6 Å². The third-order valence-electron chi connectivity index (χ3n) is 12.4. The van der Waals surface area contributed by atoms with Crippen molar-refractivity contribution in [2.75, 3.05) is 90.5 Å². The van der Waals surface area contributed by atoms with Gasteiger partial charge >= 0.3 is 11.7 Å². The summed E-state index contributed by atoms with van der Waals surface area (Å²) in [5.74, 6) is 22.4. The van der Waals surface area contributed by atoms with Gasteiger partial charge in [0, 0.05) is 75.4 Å². The van der Waals surface area contributed by atoms with E-state index in [-0.39, 0.29) is 131 Å². The van der Waals surface area contributed by atoms with Crippen LogP contribution in [-0.2, 0) is 38.1 Å². The van der Waals surface area contributed by atoms with Crippen molar-refractivity contribution in [2.45, 2.75) is 147 Å². The number of nitrogen functional groups attached to an aromatic ring is 2. The lowest BCUT2D eigenvalue weighted by molar-refractivity contribution is -0.126. The summed E-state index contributed by atoms with van der Waals surface area (Å²) in [6.45, 7) is 26.5. The standard InChI is InChI=1S/C17H23N5O3.C17H23N5O2.C15H24N4O3.C15H21N3O4.CH4/c1-4-8-25-10-13(23)19-7-5-6-12-9-22(11(2)3)15-14(12)16(24)21-17(18)20-15;1-4-8-24-10-14(23)19-7-5-6-13-9-22(12(2)3)17-15(13)16(18)20-11-21-17;1-4-8-22-10-13(20)17-7-5-6-12-9-19(11(2)3)15(21)18-14(12)16;1-4-8-22-10-13(19)16-7-5-6-12-9-18(11(2)3)15(21)17-14(12)20;/h9,11H,4,7-8,10H2,1-3H3,(H,19,23)(H3,18,20,21,24);9,11-12H,4,7-8,10H2,1-3H3,(H,19,23)(H2,18,20,21);9,11,14H,4,7-8,10,16H2,1-3H3,(H,17,20)(H,18,21);9,11H,4,7-8,10H2,1-3H3,(H,16,19)(H,17,20,21);1H4. The zero-order valence-electron chi connectivity index (χ0n) is 55.3. The molecule has 0 saturated carbocycles. The Labute approximate surface area is 549 Å². The highest BCUT2D eigenvalue weighted by Crippen LogP contribution is 2.26. The second-order valence-electron chi connectivity index (χ2n) is 21.5. The van der Waals surface area contributed by atoms with Crippen molar-refractivity contribution in [3.05, 3.63) is 84.6 Å². The van der Waals surface area contributed by atoms with Crippen LogP contribution in [0.3, 0.4) is 0 Å². The number of carbonyl (C=O) groups excluding carboxylic acids is 5. The average molecular weight is 1310 g/mol. The minimum atomic E-state index is -0.626. The van der Waals surface area contributed by atoms with Crippen LogP contribution >= 0.6 is 0 Å². The van der Waals surface area contributed by atoms with Crippen molar-refractivity contribution in [2.24, 2.45) is 5.73 Å². The van der Waals surface area contributed by atoms with Gasteiger partial charge in [-0.05, 0) is 81.1 Å². The van der Waals surface area contributed by atoms with Gasteiger partial charge in [0.05, 0.1) is 53.7 Å². The van der Waals surface area contributed by atoms with Crippen molar-refractivity contribution < 1.29 is 42.9 Å². The molecule has 1 unspecified atom stereocenters. The molecule has 1 atom stereocenters. The first-order valence-corrected chi connectivity index (χ1v) is 30.6. The smallest absolute Gasteiger partial charge is 0.328 e. The topological polar surface area (TPSA) is 400 Å². The number of rotatable bonds is 24. The number of hydrogen-bond donors (Lipinski definition) is 10. The van der Waals surface area contributed by atoms with E-state index in [1.807, 2.05) is 84.6 Å². The number of nitrogens with two attached hydrogens (primary N) is 3. The number of ether oxygens (including phenoxy) is 4. The second kappa shape index (κ2) is 43.1. The maximum absolute atomic E-state index is 12.2. The van der Waals surface area contributed by atoms with Crippen molar-refractivity contribution in [1.29, 1.82) is 0 Å². The fourth-order valence-electron chi connectivity index (χ4n) is 7.86. The van der Waals surface area contributed by atoms with Gasteiger partial charge in [-0.1, -0.05) is 82.5 Å². The Bertz CT molecular complexity index is 3770. The molecule has 0 spiro atoms. The molecule has 1 aliphatic rings. The zero-order valence-corrected chi connectivity index (χ0v) is 55.3. The fourth-order valence-corrected chi connectivity index (χ4v) is 7.86. The lowest BCUT2D eigenvalue weighted by Crippen LogP contribution is -2.53. The van der Waals surface area contributed by atoms with Gasteiger partial charge in [0.2, 0.25) is 29.6 Å². The largest absolute Gasteiger partial charge is 0.383 e. The normalized spacial score (nSPS) is 12.1. The molecule has 6 heterocycles. The van der Waals surface area contributed by atoms with Crippen LogP contribution in [0.2, 0.25) is 0 Å².